The zero-order valence-corrected chi connectivity index (χ0v) is 9.85. The van der Waals surface area contributed by atoms with Gasteiger partial charge in [0.25, 0.3) is 0 Å². The molecule has 16 heavy (non-hydrogen) atoms. The summed E-state index contributed by atoms with van der Waals surface area (Å²) >= 11 is 5.87. The molecule has 0 unspecified atom stereocenters. The Morgan fingerprint density at radius 2 is 1.94 bits per heavy atom. The molecule has 0 aliphatic rings. The van der Waals surface area contributed by atoms with Crippen LogP contribution < -0.4 is 0 Å². The van der Waals surface area contributed by atoms with Crippen LogP contribution in [-0.4, -0.2) is 4.98 Å². The summed E-state index contributed by atoms with van der Waals surface area (Å²) in [5, 5.41) is 0.560. The number of pyridine rings is 1. The van der Waals surface area contributed by atoms with Crippen molar-refractivity contribution in [2.75, 3.05) is 0 Å². The summed E-state index contributed by atoms with van der Waals surface area (Å²) in [5.41, 5.74) is 2.86. The van der Waals surface area contributed by atoms with E-state index < -0.39 is 0 Å². The van der Waals surface area contributed by atoms with Crippen LogP contribution in [0.15, 0.2) is 30.5 Å². The first-order chi connectivity index (χ1) is 7.58. The van der Waals surface area contributed by atoms with Crippen molar-refractivity contribution >= 4 is 11.6 Å². The molecule has 0 saturated carbocycles. The predicted octanol–water partition coefficient (Wildman–Crippen LogP) is 4.16. The van der Waals surface area contributed by atoms with Gasteiger partial charge in [0.1, 0.15) is 5.82 Å². The third-order valence-corrected chi connectivity index (χ3v) is 2.64. The molecule has 82 valence electrons. The summed E-state index contributed by atoms with van der Waals surface area (Å²) in [6.07, 6.45) is 1.58. The number of rotatable bonds is 1. The molecule has 0 atom stereocenters. The Bertz CT molecular complexity index is 514. The Labute approximate surface area is 98.9 Å². The molecule has 0 spiro atoms. The summed E-state index contributed by atoms with van der Waals surface area (Å²) in [6.45, 7) is 3.74. The molecule has 0 aliphatic carbocycles. The van der Waals surface area contributed by atoms with Crippen LogP contribution in [0.5, 0.6) is 0 Å². The number of aryl methyl sites for hydroxylation is 2. The summed E-state index contributed by atoms with van der Waals surface area (Å²) in [5.74, 6) is -0.257. The quantitative estimate of drug-likeness (QED) is 0.723. The fraction of sp³-hybridized carbons (Fsp3) is 0.154. The highest BCUT2D eigenvalue weighted by Gasteiger charge is 2.10. The second kappa shape index (κ2) is 4.22. The smallest absolute Gasteiger partial charge is 0.133 e. The molecule has 0 N–H and O–H groups in total. The highest BCUT2D eigenvalue weighted by Crippen LogP contribution is 2.27. The summed E-state index contributed by atoms with van der Waals surface area (Å²) in [6, 6.07) is 6.78. The van der Waals surface area contributed by atoms with E-state index >= 15 is 0 Å². The third kappa shape index (κ3) is 2.07. The van der Waals surface area contributed by atoms with Crippen molar-refractivity contribution in [1.29, 1.82) is 0 Å². The largest absolute Gasteiger partial charge is 0.256 e. The van der Waals surface area contributed by atoms with Gasteiger partial charge in [-0.15, -0.1) is 0 Å². The molecule has 2 rings (SSSR count). The Morgan fingerprint density at radius 3 is 2.56 bits per heavy atom. The Kier molecular flexibility index (Phi) is 2.92. The predicted molar refractivity (Wildman–Crippen MR) is 64.1 cm³/mol. The van der Waals surface area contributed by atoms with Gasteiger partial charge in [0.15, 0.2) is 0 Å². The van der Waals surface area contributed by atoms with Crippen LogP contribution in [0.1, 0.15) is 11.1 Å². The molecule has 0 fully saturated rings. The van der Waals surface area contributed by atoms with Crippen LogP contribution in [0, 0.1) is 19.7 Å². The Hall–Kier alpha value is -1.41. The molecular weight excluding hydrogens is 225 g/mol. The molecule has 3 heteroatoms. The number of hydrogen-bond donors (Lipinski definition) is 0. The first-order valence-electron chi connectivity index (χ1n) is 4.96. The number of nitrogens with zero attached hydrogens (tertiary/aromatic N) is 1. The molecule has 0 aliphatic heterocycles. The van der Waals surface area contributed by atoms with E-state index in [2.05, 4.69) is 4.98 Å². The maximum atomic E-state index is 13.8. The van der Waals surface area contributed by atoms with Crippen molar-refractivity contribution in [3.63, 3.8) is 0 Å². The van der Waals surface area contributed by atoms with E-state index in [4.69, 9.17) is 11.6 Å². The topological polar surface area (TPSA) is 12.9 Å². The average molecular weight is 236 g/mol. The van der Waals surface area contributed by atoms with Gasteiger partial charge in [0.2, 0.25) is 0 Å². The fourth-order valence-corrected chi connectivity index (χ4v) is 1.94. The SMILES string of the molecule is Cc1cc(C)c(-c2cc(Cl)ccn2)c(F)c1. The molecule has 1 nitrogen and oxygen atoms in total. The first-order valence-corrected chi connectivity index (χ1v) is 5.34. The van der Waals surface area contributed by atoms with Crippen LogP contribution >= 0.6 is 11.6 Å². The average Bonchev–Trinajstić information content (AvgIpc) is 2.15. The van der Waals surface area contributed by atoms with Gasteiger partial charge >= 0.3 is 0 Å². The van der Waals surface area contributed by atoms with E-state index in [1.54, 1.807) is 18.3 Å². The zero-order valence-electron chi connectivity index (χ0n) is 9.09. The number of hydrogen-bond acceptors (Lipinski definition) is 1. The van der Waals surface area contributed by atoms with Crippen LogP contribution in [0.3, 0.4) is 0 Å². The molecule has 0 radical (unpaired) electrons. The van der Waals surface area contributed by atoms with E-state index in [0.717, 1.165) is 11.1 Å². The second-order valence-corrected chi connectivity index (χ2v) is 4.23. The van der Waals surface area contributed by atoms with E-state index in [-0.39, 0.29) is 5.82 Å². The lowest BCUT2D eigenvalue weighted by atomic mass is 10.0. The van der Waals surface area contributed by atoms with E-state index in [9.17, 15) is 4.39 Å². The number of benzene rings is 1. The van der Waals surface area contributed by atoms with Crippen LogP contribution in [0.4, 0.5) is 4.39 Å². The maximum Gasteiger partial charge on any atom is 0.133 e. The van der Waals surface area contributed by atoms with Crippen molar-refractivity contribution in [2.45, 2.75) is 13.8 Å². The van der Waals surface area contributed by atoms with Crippen LogP contribution in [0.2, 0.25) is 5.02 Å². The van der Waals surface area contributed by atoms with Gasteiger partial charge in [-0.2, -0.15) is 0 Å². The van der Waals surface area contributed by atoms with Gasteiger partial charge in [0.05, 0.1) is 5.69 Å². The van der Waals surface area contributed by atoms with Crippen molar-refractivity contribution in [3.8, 4) is 11.3 Å². The lowest BCUT2D eigenvalue weighted by Crippen LogP contribution is -1.93. The van der Waals surface area contributed by atoms with Crippen molar-refractivity contribution in [3.05, 3.63) is 52.4 Å². The monoisotopic (exact) mass is 235 g/mol. The summed E-state index contributed by atoms with van der Waals surface area (Å²) in [4.78, 5) is 4.14. The molecule has 2 aromatic rings. The molecule has 0 amide bonds. The minimum Gasteiger partial charge on any atom is -0.256 e. The standard InChI is InChI=1S/C13H11ClFN/c1-8-5-9(2)13(11(15)6-8)12-7-10(14)3-4-16-12/h3-7H,1-2H3. The molecular formula is C13H11ClFN. The maximum absolute atomic E-state index is 13.8. The van der Waals surface area contributed by atoms with E-state index in [1.807, 2.05) is 19.9 Å². The lowest BCUT2D eigenvalue weighted by molar-refractivity contribution is 0.628. The number of halogens is 2. The second-order valence-electron chi connectivity index (χ2n) is 3.80. The minimum absolute atomic E-state index is 0.257. The van der Waals surface area contributed by atoms with E-state index in [0.29, 0.717) is 16.3 Å². The lowest BCUT2D eigenvalue weighted by Gasteiger charge is -2.08. The minimum atomic E-state index is -0.257. The normalized spacial score (nSPS) is 10.5. The number of aromatic nitrogens is 1. The summed E-state index contributed by atoms with van der Waals surface area (Å²) < 4.78 is 13.8. The van der Waals surface area contributed by atoms with Gasteiger partial charge in [0, 0.05) is 16.8 Å². The van der Waals surface area contributed by atoms with Gasteiger partial charge in [-0.3, -0.25) is 4.98 Å². The van der Waals surface area contributed by atoms with Crippen molar-refractivity contribution in [2.24, 2.45) is 0 Å². The van der Waals surface area contributed by atoms with E-state index in [1.165, 1.54) is 6.07 Å². The first kappa shape index (κ1) is 11.1. The fourth-order valence-electron chi connectivity index (χ4n) is 1.78. The molecule has 0 bridgehead atoms. The molecule has 1 aromatic carbocycles. The molecule has 0 saturated heterocycles. The van der Waals surface area contributed by atoms with Crippen molar-refractivity contribution in [1.82, 2.24) is 4.98 Å². The highest BCUT2D eigenvalue weighted by atomic mass is 35.5. The van der Waals surface area contributed by atoms with Crippen LogP contribution in [0.25, 0.3) is 11.3 Å². The van der Waals surface area contributed by atoms with Gasteiger partial charge in [-0.05, 0) is 43.2 Å². The van der Waals surface area contributed by atoms with Gasteiger partial charge < -0.3 is 0 Å². The zero-order chi connectivity index (χ0) is 11.7. The van der Waals surface area contributed by atoms with Gasteiger partial charge in [-0.25, -0.2) is 4.39 Å². The van der Waals surface area contributed by atoms with Crippen molar-refractivity contribution < 1.29 is 4.39 Å². The molecule has 1 aromatic heterocycles. The third-order valence-electron chi connectivity index (χ3n) is 2.41. The Balaban J connectivity index is 2.64. The van der Waals surface area contributed by atoms with Gasteiger partial charge in [-0.1, -0.05) is 17.7 Å². The summed E-state index contributed by atoms with van der Waals surface area (Å²) in [7, 11) is 0. The molecule has 1 heterocycles. The highest BCUT2D eigenvalue weighted by molar-refractivity contribution is 6.30. The Morgan fingerprint density at radius 1 is 1.19 bits per heavy atom. The van der Waals surface area contributed by atoms with Crippen LogP contribution in [-0.2, 0) is 0 Å².